The van der Waals surface area contributed by atoms with Crippen LogP contribution >= 0.6 is 0 Å². The van der Waals surface area contributed by atoms with E-state index in [9.17, 15) is 4.79 Å². The fraction of sp³-hybridized carbons (Fsp3) is 0.500. The Kier molecular flexibility index (Phi) is 4.27. The SMILES string of the molecule is COCC1CCN(c2ccc(N)c(C(N)=O)c2)CC1. The zero-order chi connectivity index (χ0) is 13.8. The first-order valence-corrected chi connectivity index (χ1v) is 6.55. The fourth-order valence-electron chi connectivity index (χ4n) is 2.55. The lowest BCUT2D eigenvalue weighted by molar-refractivity contribution is 0.100. The molecule has 2 rings (SSSR count). The number of piperidine rings is 1. The van der Waals surface area contributed by atoms with Crippen LogP contribution in [0.1, 0.15) is 23.2 Å². The molecule has 0 bridgehead atoms. The summed E-state index contributed by atoms with van der Waals surface area (Å²) in [5.41, 5.74) is 12.9. The number of primary amides is 1. The molecule has 1 aromatic rings. The number of ether oxygens (including phenoxy) is 1. The minimum Gasteiger partial charge on any atom is -0.398 e. The molecule has 0 spiro atoms. The van der Waals surface area contributed by atoms with Crippen LogP contribution in [-0.2, 0) is 4.74 Å². The topological polar surface area (TPSA) is 81.6 Å². The van der Waals surface area contributed by atoms with E-state index in [1.165, 1.54) is 0 Å². The summed E-state index contributed by atoms with van der Waals surface area (Å²) >= 11 is 0. The predicted octanol–water partition coefficient (Wildman–Crippen LogP) is 1.23. The van der Waals surface area contributed by atoms with Gasteiger partial charge in [0.1, 0.15) is 0 Å². The quantitative estimate of drug-likeness (QED) is 0.801. The van der Waals surface area contributed by atoms with Crippen molar-refractivity contribution in [2.45, 2.75) is 12.8 Å². The van der Waals surface area contributed by atoms with Gasteiger partial charge in [-0.15, -0.1) is 0 Å². The Labute approximate surface area is 113 Å². The number of benzene rings is 1. The van der Waals surface area contributed by atoms with E-state index >= 15 is 0 Å². The van der Waals surface area contributed by atoms with E-state index in [-0.39, 0.29) is 0 Å². The third-order valence-electron chi connectivity index (χ3n) is 3.68. The second-order valence-electron chi connectivity index (χ2n) is 5.02. The summed E-state index contributed by atoms with van der Waals surface area (Å²) in [5, 5.41) is 0. The Morgan fingerprint density at radius 2 is 2.11 bits per heavy atom. The van der Waals surface area contributed by atoms with Crippen molar-refractivity contribution in [3.63, 3.8) is 0 Å². The van der Waals surface area contributed by atoms with E-state index < -0.39 is 5.91 Å². The number of amides is 1. The third-order valence-corrected chi connectivity index (χ3v) is 3.68. The lowest BCUT2D eigenvalue weighted by Crippen LogP contribution is -2.35. The van der Waals surface area contributed by atoms with Gasteiger partial charge in [0, 0.05) is 38.2 Å². The van der Waals surface area contributed by atoms with E-state index in [1.807, 2.05) is 6.07 Å². The normalized spacial score (nSPS) is 16.6. The maximum Gasteiger partial charge on any atom is 0.250 e. The molecule has 0 radical (unpaired) electrons. The molecule has 1 saturated heterocycles. The van der Waals surface area contributed by atoms with Gasteiger partial charge in [-0.3, -0.25) is 4.79 Å². The second-order valence-corrected chi connectivity index (χ2v) is 5.02. The number of nitrogens with zero attached hydrogens (tertiary/aromatic N) is 1. The highest BCUT2D eigenvalue weighted by Crippen LogP contribution is 2.26. The monoisotopic (exact) mass is 263 g/mol. The van der Waals surface area contributed by atoms with Crippen molar-refractivity contribution in [1.82, 2.24) is 0 Å². The van der Waals surface area contributed by atoms with Crippen molar-refractivity contribution >= 4 is 17.3 Å². The molecule has 0 aromatic heterocycles. The highest BCUT2D eigenvalue weighted by atomic mass is 16.5. The van der Waals surface area contributed by atoms with E-state index in [0.717, 1.165) is 38.2 Å². The summed E-state index contributed by atoms with van der Waals surface area (Å²) in [6.45, 7) is 2.76. The lowest BCUT2D eigenvalue weighted by Gasteiger charge is -2.33. The molecule has 0 unspecified atom stereocenters. The number of anilines is 2. The molecule has 1 aliphatic heterocycles. The highest BCUT2D eigenvalue weighted by Gasteiger charge is 2.20. The summed E-state index contributed by atoms with van der Waals surface area (Å²) in [6.07, 6.45) is 2.20. The summed E-state index contributed by atoms with van der Waals surface area (Å²) in [7, 11) is 1.74. The fourth-order valence-corrected chi connectivity index (χ4v) is 2.55. The number of methoxy groups -OCH3 is 1. The second kappa shape index (κ2) is 5.93. The smallest absolute Gasteiger partial charge is 0.250 e. The van der Waals surface area contributed by atoms with Gasteiger partial charge in [0.15, 0.2) is 0 Å². The zero-order valence-corrected chi connectivity index (χ0v) is 11.3. The van der Waals surface area contributed by atoms with Gasteiger partial charge in [0.05, 0.1) is 5.56 Å². The molecule has 0 saturated carbocycles. The Balaban J connectivity index is 2.07. The van der Waals surface area contributed by atoms with Crippen LogP contribution in [0, 0.1) is 5.92 Å². The molecule has 104 valence electrons. The largest absolute Gasteiger partial charge is 0.398 e. The van der Waals surface area contributed by atoms with Crippen LogP contribution in [0.5, 0.6) is 0 Å². The molecule has 1 fully saturated rings. The van der Waals surface area contributed by atoms with Gasteiger partial charge in [-0.1, -0.05) is 0 Å². The predicted molar refractivity (Wildman–Crippen MR) is 76.2 cm³/mol. The highest BCUT2D eigenvalue weighted by molar-refractivity contribution is 5.99. The summed E-state index contributed by atoms with van der Waals surface area (Å²) in [4.78, 5) is 13.6. The summed E-state index contributed by atoms with van der Waals surface area (Å²) < 4.78 is 5.19. The minimum absolute atomic E-state index is 0.400. The van der Waals surface area contributed by atoms with Gasteiger partial charge >= 0.3 is 0 Å². The lowest BCUT2D eigenvalue weighted by atomic mass is 9.97. The molecular weight excluding hydrogens is 242 g/mol. The molecule has 19 heavy (non-hydrogen) atoms. The van der Waals surface area contributed by atoms with Gasteiger partial charge in [0.2, 0.25) is 0 Å². The first kappa shape index (κ1) is 13.7. The number of hydrogen-bond donors (Lipinski definition) is 2. The van der Waals surface area contributed by atoms with E-state index in [4.69, 9.17) is 16.2 Å². The van der Waals surface area contributed by atoms with Crippen LogP contribution in [0.25, 0.3) is 0 Å². The van der Waals surface area contributed by atoms with Gasteiger partial charge < -0.3 is 21.1 Å². The van der Waals surface area contributed by atoms with Crippen molar-refractivity contribution in [2.75, 3.05) is 37.4 Å². The maximum atomic E-state index is 11.3. The van der Waals surface area contributed by atoms with Gasteiger partial charge in [-0.2, -0.15) is 0 Å². The molecular formula is C14H21N3O2. The number of nitrogens with two attached hydrogens (primary N) is 2. The number of nitrogen functional groups attached to an aromatic ring is 1. The number of hydrogen-bond acceptors (Lipinski definition) is 4. The van der Waals surface area contributed by atoms with Crippen LogP contribution in [-0.4, -0.2) is 32.7 Å². The molecule has 1 aromatic carbocycles. The van der Waals surface area contributed by atoms with Crippen LogP contribution in [0.3, 0.4) is 0 Å². The van der Waals surface area contributed by atoms with Gasteiger partial charge in [-0.05, 0) is 37.0 Å². The Morgan fingerprint density at radius 1 is 1.42 bits per heavy atom. The Morgan fingerprint density at radius 3 is 2.68 bits per heavy atom. The first-order valence-electron chi connectivity index (χ1n) is 6.55. The van der Waals surface area contributed by atoms with Crippen LogP contribution in [0.15, 0.2) is 18.2 Å². The van der Waals surface area contributed by atoms with Crippen LogP contribution < -0.4 is 16.4 Å². The van der Waals surface area contributed by atoms with Gasteiger partial charge in [-0.25, -0.2) is 0 Å². The number of carbonyl (C=O) groups excluding carboxylic acids is 1. The molecule has 5 heteroatoms. The van der Waals surface area contributed by atoms with Gasteiger partial charge in [0.25, 0.3) is 5.91 Å². The minimum atomic E-state index is -0.478. The van der Waals surface area contributed by atoms with Crippen molar-refractivity contribution in [1.29, 1.82) is 0 Å². The molecule has 0 atom stereocenters. The number of rotatable bonds is 4. The molecule has 4 N–H and O–H groups in total. The summed E-state index contributed by atoms with van der Waals surface area (Å²) in [5.74, 6) is 0.152. The molecule has 0 aliphatic carbocycles. The Bertz CT molecular complexity index is 454. The average molecular weight is 263 g/mol. The van der Waals surface area contributed by atoms with E-state index in [1.54, 1.807) is 19.2 Å². The van der Waals surface area contributed by atoms with Crippen LogP contribution in [0.2, 0.25) is 0 Å². The third kappa shape index (κ3) is 3.17. The maximum absolute atomic E-state index is 11.3. The van der Waals surface area contributed by atoms with Crippen molar-refractivity contribution in [2.24, 2.45) is 11.7 Å². The van der Waals surface area contributed by atoms with Crippen LogP contribution in [0.4, 0.5) is 11.4 Å². The molecule has 1 heterocycles. The Hall–Kier alpha value is -1.75. The standard InChI is InChI=1S/C14H21N3O2/c1-19-9-10-4-6-17(7-5-10)11-2-3-13(15)12(8-11)14(16)18/h2-3,8,10H,4-7,9,15H2,1H3,(H2,16,18). The van der Waals surface area contributed by atoms with Crippen molar-refractivity contribution < 1.29 is 9.53 Å². The first-order chi connectivity index (χ1) is 9.11. The van der Waals surface area contributed by atoms with Crippen molar-refractivity contribution in [3.05, 3.63) is 23.8 Å². The molecule has 5 nitrogen and oxygen atoms in total. The zero-order valence-electron chi connectivity index (χ0n) is 11.3. The van der Waals surface area contributed by atoms with E-state index in [2.05, 4.69) is 4.90 Å². The summed E-state index contributed by atoms with van der Waals surface area (Å²) in [6, 6.07) is 5.48. The average Bonchev–Trinajstić information content (AvgIpc) is 2.40. The van der Waals surface area contributed by atoms with Crippen molar-refractivity contribution in [3.8, 4) is 0 Å². The molecule has 1 aliphatic rings. The van der Waals surface area contributed by atoms with E-state index in [0.29, 0.717) is 17.2 Å². The molecule has 1 amide bonds. The number of carbonyl (C=O) groups is 1.